The zero-order valence-electron chi connectivity index (χ0n) is 12.6. The number of hydrogen-bond donors (Lipinski definition) is 2. The van der Waals surface area contributed by atoms with Gasteiger partial charge in [0.2, 0.25) is 5.91 Å². The number of carbonyl (C=O) groups excluding carboxylic acids is 1. The maximum Gasteiger partial charge on any atom is 0.230 e. The lowest BCUT2D eigenvalue weighted by Gasteiger charge is -2.40. The van der Waals surface area contributed by atoms with Gasteiger partial charge in [-0.2, -0.15) is 0 Å². The standard InChI is InChI=1S/C15H30N2O2/c1-3-5-10-17(11-12-18)14(19)15(7-4-2)8-6-9-16-13-15/h16,18H,3-13H2,1-2H3. The Morgan fingerprint density at radius 2 is 2.11 bits per heavy atom. The number of rotatable bonds is 8. The summed E-state index contributed by atoms with van der Waals surface area (Å²) < 4.78 is 0. The molecular weight excluding hydrogens is 240 g/mol. The lowest BCUT2D eigenvalue weighted by molar-refractivity contribution is -0.144. The molecule has 0 radical (unpaired) electrons. The molecule has 1 aliphatic rings. The van der Waals surface area contributed by atoms with Crippen molar-refractivity contribution in [3.8, 4) is 0 Å². The third kappa shape index (κ3) is 4.46. The quantitative estimate of drug-likeness (QED) is 0.707. The first-order chi connectivity index (χ1) is 9.20. The van der Waals surface area contributed by atoms with Gasteiger partial charge in [-0.15, -0.1) is 0 Å². The van der Waals surface area contributed by atoms with E-state index in [-0.39, 0.29) is 17.9 Å². The molecule has 0 spiro atoms. The van der Waals surface area contributed by atoms with Crippen LogP contribution in [-0.4, -0.2) is 48.7 Å². The van der Waals surface area contributed by atoms with Crippen LogP contribution in [0.5, 0.6) is 0 Å². The molecule has 0 saturated carbocycles. The molecule has 0 aromatic carbocycles. The van der Waals surface area contributed by atoms with Gasteiger partial charge >= 0.3 is 0 Å². The smallest absolute Gasteiger partial charge is 0.230 e. The lowest BCUT2D eigenvalue weighted by Crippen LogP contribution is -2.52. The van der Waals surface area contributed by atoms with E-state index in [2.05, 4.69) is 19.2 Å². The van der Waals surface area contributed by atoms with Crippen molar-refractivity contribution in [1.82, 2.24) is 10.2 Å². The predicted molar refractivity (Wildman–Crippen MR) is 78.0 cm³/mol. The van der Waals surface area contributed by atoms with Gasteiger partial charge in [-0.25, -0.2) is 0 Å². The van der Waals surface area contributed by atoms with Gasteiger partial charge in [-0.05, 0) is 32.2 Å². The first-order valence-corrected chi connectivity index (χ1v) is 7.81. The molecule has 1 amide bonds. The Hall–Kier alpha value is -0.610. The number of piperidine rings is 1. The molecule has 1 rings (SSSR count). The largest absolute Gasteiger partial charge is 0.395 e. The first kappa shape index (κ1) is 16.4. The van der Waals surface area contributed by atoms with E-state index >= 15 is 0 Å². The Labute approximate surface area is 117 Å². The highest BCUT2D eigenvalue weighted by atomic mass is 16.3. The number of aliphatic hydroxyl groups excluding tert-OH is 1. The number of carbonyl (C=O) groups is 1. The van der Waals surface area contributed by atoms with E-state index in [4.69, 9.17) is 0 Å². The Balaban J connectivity index is 2.76. The monoisotopic (exact) mass is 270 g/mol. The van der Waals surface area contributed by atoms with Crippen LogP contribution in [0.4, 0.5) is 0 Å². The van der Waals surface area contributed by atoms with Crippen LogP contribution in [0, 0.1) is 5.41 Å². The van der Waals surface area contributed by atoms with Gasteiger partial charge in [0.15, 0.2) is 0 Å². The van der Waals surface area contributed by atoms with Gasteiger partial charge in [-0.3, -0.25) is 4.79 Å². The highest BCUT2D eigenvalue weighted by Gasteiger charge is 2.40. The van der Waals surface area contributed by atoms with Crippen LogP contribution in [0.1, 0.15) is 52.4 Å². The number of nitrogens with zero attached hydrogens (tertiary/aromatic N) is 1. The molecule has 1 fully saturated rings. The zero-order chi connectivity index (χ0) is 14.1. The molecule has 0 aromatic rings. The van der Waals surface area contributed by atoms with E-state index in [1.807, 2.05) is 4.90 Å². The molecule has 1 unspecified atom stereocenters. The summed E-state index contributed by atoms with van der Waals surface area (Å²) in [4.78, 5) is 14.8. The highest BCUT2D eigenvalue weighted by Crippen LogP contribution is 2.33. The molecule has 0 aliphatic carbocycles. The van der Waals surface area contributed by atoms with Gasteiger partial charge in [0.1, 0.15) is 0 Å². The summed E-state index contributed by atoms with van der Waals surface area (Å²) in [6.07, 6.45) is 6.14. The normalized spacial score (nSPS) is 23.3. The molecule has 2 N–H and O–H groups in total. The molecule has 0 bridgehead atoms. The van der Waals surface area contributed by atoms with E-state index < -0.39 is 0 Å². The van der Waals surface area contributed by atoms with Crippen LogP contribution in [0.25, 0.3) is 0 Å². The maximum atomic E-state index is 12.9. The van der Waals surface area contributed by atoms with Crippen LogP contribution >= 0.6 is 0 Å². The molecule has 1 atom stereocenters. The molecule has 1 saturated heterocycles. The van der Waals surface area contributed by atoms with Crippen molar-refractivity contribution in [1.29, 1.82) is 0 Å². The van der Waals surface area contributed by atoms with Crippen LogP contribution in [0.2, 0.25) is 0 Å². The van der Waals surface area contributed by atoms with E-state index in [9.17, 15) is 9.90 Å². The SMILES string of the molecule is CCCCN(CCO)C(=O)C1(CCC)CCCNC1. The second-order valence-corrected chi connectivity index (χ2v) is 5.68. The summed E-state index contributed by atoms with van der Waals surface area (Å²) in [7, 11) is 0. The minimum absolute atomic E-state index is 0.0606. The minimum atomic E-state index is -0.226. The molecule has 1 heterocycles. The van der Waals surface area contributed by atoms with Crippen LogP contribution in [0.3, 0.4) is 0 Å². The fourth-order valence-electron chi connectivity index (χ4n) is 3.07. The van der Waals surface area contributed by atoms with Crippen molar-refractivity contribution in [2.75, 3.05) is 32.8 Å². The molecule has 19 heavy (non-hydrogen) atoms. The number of unbranched alkanes of at least 4 members (excludes halogenated alkanes) is 1. The van der Waals surface area contributed by atoms with Crippen molar-refractivity contribution in [2.45, 2.75) is 52.4 Å². The number of amides is 1. The van der Waals surface area contributed by atoms with E-state index in [1.54, 1.807) is 0 Å². The molecular formula is C15H30N2O2. The Morgan fingerprint density at radius 3 is 2.63 bits per heavy atom. The maximum absolute atomic E-state index is 12.9. The second-order valence-electron chi connectivity index (χ2n) is 5.68. The molecule has 112 valence electrons. The summed E-state index contributed by atoms with van der Waals surface area (Å²) in [6.45, 7) is 7.41. The van der Waals surface area contributed by atoms with Gasteiger partial charge < -0.3 is 15.3 Å². The fraction of sp³-hybridized carbons (Fsp3) is 0.933. The summed E-state index contributed by atoms with van der Waals surface area (Å²) in [5.41, 5.74) is -0.226. The van der Waals surface area contributed by atoms with Crippen molar-refractivity contribution in [3.63, 3.8) is 0 Å². The minimum Gasteiger partial charge on any atom is -0.395 e. The van der Waals surface area contributed by atoms with Crippen LogP contribution in [-0.2, 0) is 4.79 Å². The Kier molecular flexibility index (Phi) is 7.39. The van der Waals surface area contributed by atoms with Gasteiger partial charge in [0.05, 0.1) is 12.0 Å². The Bertz CT molecular complexity index is 257. The summed E-state index contributed by atoms with van der Waals surface area (Å²) in [5.74, 6) is 0.254. The van der Waals surface area contributed by atoms with Gasteiger partial charge in [-0.1, -0.05) is 26.7 Å². The number of hydrogen-bond acceptors (Lipinski definition) is 3. The average Bonchev–Trinajstić information content (AvgIpc) is 2.44. The Morgan fingerprint density at radius 1 is 1.32 bits per heavy atom. The molecule has 4 heteroatoms. The van der Waals surface area contributed by atoms with E-state index in [0.29, 0.717) is 6.54 Å². The fourth-order valence-corrected chi connectivity index (χ4v) is 3.07. The van der Waals surface area contributed by atoms with Crippen molar-refractivity contribution in [2.24, 2.45) is 5.41 Å². The molecule has 4 nitrogen and oxygen atoms in total. The first-order valence-electron chi connectivity index (χ1n) is 7.81. The third-order valence-electron chi connectivity index (χ3n) is 4.09. The highest BCUT2D eigenvalue weighted by molar-refractivity contribution is 5.83. The van der Waals surface area contributed by atoms with Crippen molar-refractivity contribution < 1.29 is 9.90 Å². The summed E-state index contributed by atoms with van der Waals surface area (Å²) >= 11 is 0. The van der Waals surface area contributed by atoms with Crippen molar-refractivity contribution >= 4 is 5.91 Å². The summed E-state index contributed by atoms with van der Waals surface area (Å²) in [5, 5.41) is 12.6. The lowest BCUT2D eigenvalue weighted by atomic mass is 9.75. The van der Waals surface area contributed by atoms with Crippen LogP contribution in [0.15, 0.2) is 0 Å². The zero-order valence-corrected chi connectivity index (χ0v) is 12.6. The average molecular weight is 270 g/mol. The van der Waals surface area contributed by atoms with E-state index in [0.717, 1.165) is 58.2 Å². The van der Waals surface area contributed by atoms with Gasteiger partial charge in [0, 0.05) is 19.6 Å². The molecule has 1 aliphatic heterocycles. The molecule has 0 aromatic heterocycles. The van der Waals surface area contributed by atoms with Crippen LogP contribution < -0.4 is 5.32 Å². The second kappa shape index (κ2) is 8.54. The predicted octanol–water partition coefficient (Wildman–Crippen LogP) is 1.78. The number of nitrogens with one attached hydrogen (secondary N) is 1. The summed E-state index contributed by atoms with van der Waals surface area (Å²) in [6, 6.07) is 0. The van der Waals surface area contributed by atoms with Crippen molar-refractivity contribution in [3.05, 3.63) is 0 Å². The van der Waals surface area contributed by atoms with E-state index in [1.165, 1.54) is 0 Å². The third-order valence-corrected chi connectivity index (χ3v) is 4.09. The topological polar surface area (TPSA) is 52.6 Å². The van der Waals surface area contributed by atoms with Gasteiger partial charge in [0.25, 0.3) is 0 Å². The number of aliphatic hydroxyl groups is 1.